The third-order valence-electron chi connectivity index (χ3n) is 3.09. The van der Waals surface area contributed by atoms with Gasteiger partial charge in [0, 0.05) is 16.7 Å². The highest BCUT2D eigenvalue weighted by Crippen LogP contribution is 2.24. The molecule has 0 radical (unpaired) electrons. The van der Waals surface area contributed by atoms with E-state index in [2.05, 4.69) is 39.4 Å². The summed E-state index contributed by atoms with van der Waals surface area (Å²) in [4.78, 5) is 0. The van der Waals surface area contributed by atoms with Gasteiger partial charge in [-0.25, -0.2) is 0 Å². The Kier molecular flexibility index (Phi) is 3.24. The highest BCUT2D eigenvalue weighted by atomic mass is 79.9. The van der Waals surface area contributed by atoms with Gasteiger partial charge < -0.3 is 10.1 Å². The van der Waals surface area contributed by atoms with E-state index in [0.717, 1.165) is 23.2 Å². The van der Waals surface area contributed by atoms with Crippen molar-refractivity contribution in [1.82, 2.24) is 0 Å². The maximum Gasteiger partial charge on any atom is 0.120 e. The number of rotatable bonds is 3. The first kappa shape index (κ1) is 11.6. The third-order valence-corrected chi connectivity index (χ3v) is 3.58. The van der Waals surface area contributed by atoms with Crippen LogP contribution in [0.2, 0.25) is 0 Å². The Labute approximate surface area is 115 Å². The Morgan fingerprint density at radius 1 is 1.17 bits per heavy atom. The van der Waals surface area contributed by atoms with E-state index < -0.39 is 0 Å². The molecule has 18 heavy (non-hydrogen) atoms. The molecule has 0 unspecified atom stereocenters. The summed E-state index contributed by atoms with van der Waals surface area (Å²) in [5.41, 5.74) is 3.86. The van der Waals surface area contributed by atoms with Gasteiger partial charge in [-0.05, 0) is 41.8 Å². The van der Waals surface area contributed by atoms with Gasteiger partial charge in [-0.15, -0.1) is 0 Å². The van der Waals surface area contributed by atoms with Crippen molar-refractivity contribution in [3.8, 4) is 5.75 Å². The zero-order valence-corrected chi connectivity index (χ0v) is 11.5. The molecule has 0 saturated carbocycles. The van der Waals surface area contributed by atoms with Crippen LogP contribution in [-0.2, 0) is 13.0 Å². The molecule has 1 N–H and O–H groups in total. The van der Waals surface area contributed by atoms with E-state index in [9.17, 15) is 0 Å². The number of ether oxygens (including phenoxy) is 1. The van der Waals surface area contributed by atoms with Gasteiger partial charge in [0.2, 0.25) is 0 Å². The second kappa shape index (κ2) is 5.02. The molecular formula is C15H14BrNO. The van der Waals surface area contributed by atoms with Crippen LogP contribution in [0, 0.1) is 0 Å². The number of anilines is 1. The molecule has 1 aliphatic rings. The van der Waals surface area contributed by atoms with E-state index in [0.29, 0.717) is 6.61 Å². The Hall–Kier alpha value is -1.48. The third kappa shape index (κ3) is 2.51. The van der Waals surface area contributed by atoms with Gasteiger partial charge in [-0.2, -0.15) is 0 Å². The van der Waals surface area contributed by atoms with Crippen LogP contribution in [0.5, 0.6) is 5.75 Å². The Bertz CT molecular complexity index is 568. The predicted octanol–water partition coefficient (Wildman–Crippen LogP) is 4.00. The second-order valence-electron chi connectivity index (χ2n) is 4.41. The normalized spacial score (nSPS) is 12.9. The first-order chi connectivity index (χ1) is 8.81. The van der Waals surface area contributed by atoms with Crippen LogP contribution in [0.15, 0.2) is 46.9 Å². The fourth-order valence-corrected chi connectivity index (χ4v) is 2.53. The number of hydrogen-bond acceptors (Lipinski definition) is 2. The molecule has 2 nitrogen and oxygen atoms in total. The van der Waals surface area contributed by atoms with Crippen molar-refractivity contribution in [2.45, 2.75) is 13.0 Å². The summed E-state index contributed by atoms with van der Waals surface area (Å²) in [6.07, 6.45) is 1.13. The lowest BCUT2D eigenvalue weighted by molar-refractivity contribution is 0.306. The maximum absolute atomic E-state index is 5.77. The lowest BCUT2D eigenvalue weighted by Gasteiger charge is -2.08. The van der Waals surface area contributed by atoms with Gasteiger partial charge in [0.1, 0.15) is 12.4 Å². The quantitative estimate of drug-likeness (QED) is 0.925. The standard InChI is InChI=1S/C15H14BrNO/c16-13-2-1-3-14(9-13)18-10-11-4-5-12-6-7-17-15(12)8-11/h1-5,8-9,17H,6-7,10H2. The smallest absolute Gasteiger partial charge is 0.120 e. The van der Waals surface area contributed by atoms with Crippen LogP contribution in [0.1, 0.15) is 11.1 Å². The molecule has 0 bridgehead atoms. The van der Waals surface area contributed by atoms with Gasteiger partial charge in [-0.1, -0.05) is 34.1 Å². The number of benzene rings is 2. The van der Waals surface area contributed by atoms with Gasteiger partial charge >= 0.3 is 0 Å². The summed E-state index contributed by atoms with van der Waals surface area (Å²) in [6.45, 7) is 1.65. The summed E-state index contributed by atoms with van der Waals surface area (Å²) < 4.78 is 6.81. The summed E-state index contributed by atoms with van der Waals surface area (Å²) in [6, 6.07) is 14.4. The van der Waals surface area contributed by atoms with Gasteiger partial charge in [0.05, 0.1) is 0 Å². The lowest BCUT2D eigenvalue weighted by Crippen LogP contribution is -1.96. The van der Waals surface area contributed by atoms with E-state index in [1.165, 1.54) is 16.8 Å². The van der Waals surface area contributed by atoms with Crippen molar-refractivity contribution in [3.05, 3.63) is 58.1 Å². The molecule has 0 aromatic heterocycles. The number of halogens is 1. The summed E-state index contributed by atoms with van der Waals surface area (Å²) in [7, 11) is 0. The zero-order chi connectivity index (χ0) is 12.4. The molecule has 1 heterocycles. The molecule has 92 valence electrons. The Morgan fingerprint density at radius 2 is 2.11 bits per heavy atom. The van der Waals surface area contributed by atoms with Crippen molar-refractivity contribution >= 4 is 21.6 Å². The fraction of sp³-hybridized carbons (Fsp3) is 0.200. The minimum atomic E-state index is 0.603. The van der Waals surface area contributed by atoms with Crippen LogP contribution in [0.25, 0.3) is 0 Å². The van der Waals surface area contributed by atoms with Crippen LogP contribution < -0.4 is 10.1 Å². The summed E-state index contributed by atoms with van der Waals surface area (Å²) >= 11 is 3.44. The molecule has 0 fully saturated rings. The number of nitrogens with one attached hydrogen (secondary N) is 1. The van der Waals surface area contributed by atoms with Gasteiger partial charge in [0.25, 0.3) is 0 Å². The molecule has 3 heteroatoms. The molecule has 3 rings (SSSR count). The topological polar surface area (TPSA) is 21.3 Å². The molecule has 0 atom stereocenters. The van der Waals surface area contributed by atoms with Crippen molar-refractivity contribution in [1.29, 1.82) is 0 Å². The Balaban J connectivity index is 1.70. The predicted molar refractivity (Wildman–Crippen MR) is 77.1 cm³/mol. The fourth-order valence-electron chi connectivity index (χ4n) is 2.15. The van der Waals surface area contributed by atoms with E-state index in [1.807, 2.05) is 24.3 Å². The van der Waals surface area contributed by atoms with Gasteiger partial charge in [-0.3, -0.25) is 0 Å². The monoisotopic (exact) mass is 303 g/mol. The second-order valence-corrected chi connectivity index (χ2v) is 5.33. The zero-order valence-electron chi connectivity index (χ0n) is 9.95. The highest BCUT2D eigenvalue weighted by molar-refractivity contribution is 9.10. The summed E-state index contributed by atoms with van der Waals surface area (Å²) in [5, 5.41) is 3.38. The number of hydrogen-bond donors (Lipinski definition) is 1. The molecule has 0 spiro atoms. The van der Waals surface area contributed by atoms with Crippen LogP contribution >= 0.6 is 15.9 Å². The highest BCUT2D eigenvalue weighted by Gasteiger charge is 2.09. The molecular weight excluding hydrogens is 290 g/mol. The lowest BCUT2D eigenvalue weighted by atomic mass is 10.1. The van der Waals surface area contributed by atoms with E-state index >= 15 is 0 Å². The van der Waals surface area contributed by atoms with Crippen molar-refractivity contribution in [2.75, 3.05) is 11.9 Å². The molecule has 1 aliphatic heterocycles. The van der Waals surface area contributed by atoms with Crippen LogP contribution in [0.4, 0.5) is 5.69 Å². The van der Waals surface area contributed by atoms with Crippen LogP contribution in [0.3, 0.4) is 0 Å². The molecule has 2 aromatic rings. The first-order valence-electron chi connectivity index (χ1n) is 6.05. The minimum absolute atomic E-state index is 0.603. The average molecular weight is 304 g/mol. The maximum atomic E-state index is 5.77. The SMILES string of the molecule is Brc1cccc(OCc2ccc3c(c2)NCC3)c1. The largest absolute Gasteiger partial charge is 0.489 e. The number of fused-ring (bicyclic) bond motifs is 1. The van der Waals surface area contributed by atoms with Crippen LogP contribution in [-0.4, -0.2) is 6.54 Å². The average Bonchev–Trinajstić information content (AvgIpc) is 2.84. The van der Waals surface area contributed by atoms with E-state index in [-0.39, 0.29) is 0 Å². The molecule has 0 aliphatic carbocycles. The first-order valence-corrected chi connectivity index (χ1v) is 6.84. The molecule has 0 amide bonds. The van der Waals surface area contributed by atoms with Gasteiger partial charge in [0.15, 0.2) is 0 Å². The molecule has 2 aromatic carbocycles. The van der Waals surface area contributed by atoms with E-state index in [4.69, 9.17) is 4.74 Å². The minimum Gasteiger partial charge on any atom is -0.489 e. The van der Waals surface area contributed by atoms with Crippen molar-refractivity contribution in [3.63, 3.8) is 0 Å². The van der Waals surface area contributed by atoms with E-state index in [1.54, 1.807) is 0 Å². The summed E-state index contributed by atoms with van der Waals surface area (Å²) in [5.74, 6) is 0.887. The Morgan fingerprint density at radius 3 is 3.00 bits per heavy atom. The molecule has 0 saturated heterocycles. The van der Waals surface area contributed by atoms with Crippen molar-refractivity contribution < 1.29 is 4.74 Å². The van der Waals surface area contributed by atoms with Crippen molar-refractivity contribution in [2.24, 2.45) is 0 Å².